The summed E-state index contributed by atoms with van der Waals surface area (Å²) >= 11 is 0. The summed E-state index contributed by atoms with van der Waals surface area (Å²) in [4.78, 5) is 22.7. The highest BCUT2D eigenvalue weighted by Gasteiger charge is 2.19. The summed E-state index contributed by atoms with van der Waals surface area (Å²) in [6, 6.07) is 3.91. The zero-order chi connectivity index (χ0) is 16.9. The highest BCUT2D eigenvalue weighted by atomic mass is 19.1. The number of amides is 1. The first-order valence-electron chi connectivity index (χ1n) is 6.66. The molecule has 0 spiro atoms. The van der Waals surface area contributed by atoms with Crippen LogP contribution < -0.4 is 5.32 Å². The normalized spacial score (nSPS) is 12.5. The summed E-state index contributed by atoms with van der Waals surface area (Å²) in [7, 11) is 1.13. The summed E-state index contributed by atoms with van der Waals surface area (Å²) in [6.07, 6.45) is -2.36. The Kier molecular flexibility index (Phi) is 5.87. The Hall–Kier alpha value is -2.15. The van der Waals surface area contributed by atoms with E-state index in [1.165, 1.54) is 12.1 Å². The number of aliphatic hydroxyl groups is 1. The van der Waals surface area contributed by atoms with Crippen molar-refractivity contribution in [1.82, 2.24) is 0 Å². The Morgan fingerprint density at radius 3 is 2.50 bits per heavy atom. The molecule has 1 aromatic rings. The van der Waals surface area contributed by atoms with Crippen LogP contribution in [-0.2, 0) is 20.7 Å². The van der Waals surface area contributed by atoms with Gasteiger partial charge in [0.05, 0.1) is 7.11 Å². The summed E-state index contributed by atoms with van der Waals surface area (Å²) in [5.74, 6) is -1.49. The lowest BCUT2D eigenvalue weighted by molar-refractivity contribution is -0.150. The lowest BCUT2D eigenvalue weighted by atomic mass is 10.1. The molecule has 1 aromatic carbocycles. The number of aliphatic hydroxyl groups excluding tert-OH is 1. The Balaban J connectivity index is 2.73. The number of halogens is 1. The van der Waals surface area contributed by atoms with Crippen LogP contribution in [0.4, 0.5) is 14.9 Å². The van der Waals surface area contributed by atoms with Crippen molar-refractivity contribution in [2.75, 3.05) is 12.4 Å². The standard InChI is InChI=1S/C15H20FNO5/c1-15(2,3)22-14(20)17-10-6-5-9(11(16)8-10)7-12(18)13(19)21-4/h5-6,8,12,18H,7H2,1-4H3,(H,17,20). The van der Waals surface area contributed by atoms with Crippen LogP contribution in [0.5, 0.6) is 0 Å². The smallest absolute Gasteiger partial charge is 0.412 e. The minimum atomic E-state index is -1.44. The molecule has 1 rings (SSSR count). The molecule has 0 aliphatic heterocycles. The molecule has 122 valence electrons. The van der Waals surface area contributed by atoms with E-state index in [1.807, 2.05) is 0 Å². The predicted octanol–water partition coefficient (Wildman–Crippen LogP) is 2.25. The molecule has 1 unspecified atom stereocenters. The summed E-state index contributed by atoms with van der Waals surface area (Å²) in [5.41, 5.74) is -0.316. The van der Waals surface area contributed by atoms with Gasteiger partial charge in [0.25, 0.3) is 0 Å². The maximum Gasteiger partial charge on any atom is 0.412 e. The fourth-order valence-electron chi connectivity index (χ4n) is 1.64. The molecule has 22 heavy (non-hydrogen) atoms. The number of anilines is 1. The minimum absolute atomic E-state index is 0.132. The SMILES string of the molecule is COC(=O)C(O)Cc1ccc(NC(=O)OC(C)(C)C)cc1F. The number of hydrogen-bond acceptors (Lipinski definition) is 5. The van der Waals surface area contributed by atoms with Crippen molar-refractivity contribution in [2.24, 2.45) is 0 Å². The molecule has 0 fully saturated rings. The third-order valence-corrected chi connectivity index (χ3v) is 2.58. The Morgan fingerprint density at radius 1 is 1.36 bits per heavy atom. The van der Waals surface area contributed by atoms with Gasteiger partial charge in [-0.3, -0.25) is 5.32 Å². The monoisotopic (exact) mass is 313 g/mol. The topological polar surface area (TPSA) is 84.9 Å². The molecule has 6 nitrogen and oxygen atoms in total. The van der Waals surface area contributed by atoms with Crippen LogP contribution >= 0.6 is 0 Å². The highest BCUT2D eigenvalue weighted by molar-refractivity contribution is 5.84. The first-order valence-corrected chi connectivity index (χ1v) is 6.66. The van der Waals surface area contributed by atoms with Gasteiger partial charge in [-0.15, -0.1) is 0 Å². The average Bonchev–Trinajstić information content (AvgIpc) is 2.38. The van der Waals surface area contributed by atoms with Gasteiger partial charge in [0, 0.05) is 12.1 Å². The van der Waals surface area contributed by atoms with Gasteiger partial charge in [0.2, 0.25) is 0 Å². The largest absolute Gasteiger partial charge is 0.467 e. The van der Waals surface area contributed by atoms with Crippen LogP contribution in [-0.4, -0.2) is 36.0 Å². The van der Waals surface area contributed by atoms with Crippen molar-refractivity contribution in [3.63, 3.8) is 0 Å². The molecule has 0 aromatic heterocycles. The molecule has 2 N–H and O–H groups in total. The van der Waals surface area contributed by atoms with E-state index < -0.39 is 29.6 Å². The predicted molar refractivity (Wildman–Crippen MR) is 78.0 cm³/mol. The van der Waals surface area contributed by atoms with Gasteiger partial charge in [0.1, 0.15) is 11.4 Å². The Bertz CT molecular complexity index is 553. The van der Waals surface area contributed by atoms with E-state index in [4.69, 9.17) is 4.74 Å². The number of nitrogens with one attached hydrogen (secondary N) is 1. The molecule has 1 amide bonds. The van der Waals surface area contributed by atoms with Crippen molar-refractivity contribution in [3.05, 3.63) is 29.6 Å². The van der Waals surface area contributed by atoms with Crippen LogP contribution in [0, 0.1) is 5.82 Å². The van der Waals surface area contributed by atoms with Gasteiger partial charge in [0.15, 0.2) is 6.10 Å². The number of rotatable bonds is 4. The van der Waals surface area contributed by atoms with E-state index in [0.717, 1.165) is 13.2 Å². The quantitative estimate of drug-likeness (QED) is 0.833. The molecule has 0 saturated heterocycles. The van der Waals surface area contributed by atoms with Gasteiger partial charge in [-0.2, -0.15) is 0 Å². The van der Waals surface area contributed by atoms with Gasteiger partial charge < -0.3 is 14.6 Å². The summed E-state index contributed by atoms with van der Waals surface area (Å²) < 4.78 is 23.3. The van der Waals surface area contributed by atoms with E-state index in [1.54, 1.807) is 20.8 Å². The number of benzene rings is 1. The molecule has 0 radical (unpaired) electrons. The fraction of sp³-hybridized carbons (Fsp3) is 0.467. The van der Waals surface area contributed by atoms with Crippen molar-refractivity contribution in [2.45, 2.75) is 38.9 Å². The molecule has 0 heterocycles. The van der Waals surface area contributed by atoms with E-state index in [-0.39, 0.29) is 17.7 Å². The second-order valence-corrected chi connectivity index (χ2v) is 5.68. The van der Waals surface area contributed by atoms with Gasteiger partial charge in [-0.25, -0.2) is 14.0 Å². The van der Waals surface area contributed by atoms with Crippen LogP contribution in [0.3, 0.4) is 0 Å². The molecule has 1 atom stereocenters. The van der Waals surface area contributed by atoms with Crippen LogP contribution in [0.25, 0.3) is 0 Å². The minimum Gasteiger partial charge on any atom is -0.467 e. The van der Waals surface area contributed by atoms with Crippen molar-refractivity contribution >= 4 is 17.7 Å². The van der Waals surface area contributed by atoms with E-state index in [2.05, 4.69) is 10.1 Å². The fourth-order valence-corrected chi connectivity index (χ4v) is 1.64. The second kappa shape index (κ2) is 7.22. The van der Waals surface area contributed by atoms with E-state index in [9.17, 15) is 19.1 Å². The molecular formula is C15H20FNO5. The number of hydrogen-bond donors (Lipinski definition) is 2. The molecule has 0 bridgehead atoms. The number of methoxy groups -OCH3 is 1. The first-order chi connectivity index (χ1) is 10.1. The Morgan fingerprint density at radius 2 is 2.00 bits per heavy atom. The molecule has 7 heteroatoms. The number of carbonyl (C=O) groups excluding carboxylic acids is 2. The second-order valence-electron chi connectivity index (χ2n) is 5.68. The van der Waals surface area contributed by atoms with Crippen LogP contribution in [0.2, 0.25) is 0 Å². The third-order valence-electron chi connectivity index (χ3n) is 2.58. The van der Waals surface area contributed by atoms with E-state index in [0.29, 0.717) is 0 Å². The zero-order valence-electron chi connectivity index (χ0n) is 13.0. The third kappa shape index (κ3) is 5.69. The first kappa shape index (κ1) is 17.9. The van der Waals surface area contributed by atoms with Crippen molar-refractivity contribution < 1.29 is 28.6 Å². The lowest BCUT2D eigenvalue weighted by Gasteiger charge is -2.19. The molecule has 0 aliphatic rings. The summed E-state index contributed by atoms with van der Waals surface area (Å²) in [6.45, 7) is 5.14. The lowest BCUT2D eigenvalue weighted by Crippen LogP contribution is -2.27. The van der Waals surface area contributed by atoms with Crippen LogP contribution in [0.15, 0.2) is 18.2 Å². The van der Waals surface area contributed by atoms with Crippen molar-refractivity contribution in [1.29, 1.82) is 0 Å². The number of esters is 1. The number of ether oxygens (including phenoxy) is 2. The zero-order valence-corrected chi connectivity index (χ0v) is 13.0. The average molecular weight is 313 g/mol. The van der Waals surface area contributed by atoms with Crippen molar-refractivity contribution in [3.8, 4) is 0 Å². The molecule has 0 aliphatic carbocycles. The van der Waals surface area contributed by atoms with Crippen LogP contribution in [0.1, 0.15) is 26.3 Å². The van der Waals surface area contributed by atoms with Gasteiger partial charge in [-0.05, 0) is 38.5 Å². The molecule has 0 saturated carbocycles. The molecular weight excluding hydrogens is 293 g/mol. The highest BCUT2D eigenvalue weighted by Crippen LogP contribution is 2.17. The Labute approximate surface area is 128 Å². The maximum absolute atomic E-state index is 13.9. The van der Waals surface area contributed by atoms with E-state index >= 15 is 0 Å². The summed E-state index contributed by atoms with van der Waals surface area (Å²) in [5, 5.41) is 11.9. The van der Waals surface area contributed by atoms with Gasteiger partial charge >= 0.3 is 12.1 Å². The number of carbonyl (C=O) groups is 2. The maximum atomic E-state index is 13.9. The van der Waals surface area contributed by atoms with Gasteiger partial charge in [-0.1, -0.05) is 6.07 Å².